The van der Waals surface area contributed by atoms with Crippen molar-refractivity contribution in [3.63, 3.8) is 0 Å². The van der Waals surface area contributed by atoms with E-state index >= 15 is 0 Å². The Morgan fingerprint density at radius 1 is 1.20 bits per heavy atom. The second-order valence-corrected chi connectivity index (χ2v) is 7.97. The summed E-state index contributed by atoms with van der Waals surface area (Å²) in [5.74, 6) is 2.64. The van der Waals surface area contributed by atoms with Crippen molar-refractivity contribution < 1.29 is 9.15 Å². The van der Waals surface area contributed by atoms with Crippen LogP contribution in [0.25, 0.3) is 10.8 Å². The van der Waals surface area contributed by atoms with Crippen LogP contribution < -0.4 is 4.74 Å². The standard InChI is InChI=1S/C20H22N2O2S/c1-13-8-9-19(25-13)20-21-17(14(2)23-20)12-22(3)11-16-10-15-6-4-5-7-18(15)24-16/h4-9,16H,10-12H2,1-3H3/t16-/m0/s1. The smallest absolute Gasteiger partial charge is 0.236 e. The molecule has 2 aromatic heterocycles. The molecule has 1 aliphatic heterocycles. The van der Waals surface area contributed by atoms with Crippen molar-refractivity contribution in [3.8, 4) is 16.5 Å². The van der Waals surface area contributed by atoms with E-state index in [2.05, 4.69) is 43.1 Å². The molecule has 1 aromatic carbocycles. The first-order valence-electron chi connectivity index (χ1n) is 8.54. The third-order valence-corrected chi connectivity index (χ3v) is 5.48. The number of oxazole rings is 1. The van der Waals surface area contributed by atoms with Gasteiger partial charge in [-0.2, -0.15) is 0 Å². The lowest BCUT2D eigenvalue weighted by Crippen LogP contribution is -2.31. The predicted octanol–water partition coefficient (Wildman–Crippen LogP) is 4.46. The molecule has 0 aliphatic carbocycles. The van der Waals surface area contributed by atoms with E-state index < -0.39 is 0 Å². The molecule has 1 atom stereocenters. The summed E-state index contributed by atoms with van der Waals surface area (Å²) in [5.41, 5.74) is 2.30. The summed E-state index contributed by atoms with van der Waals surface area (Å²) in [6, 6.07) is 12.5. The molecule has 0 unspecified atom stereocenters. The number of hydrogen-bond donors (Lipinski definition) is 0. The van der Waals surface area contributed by atoms with Gasteiger partial charge in [-0.05, 0) is 44.7 Å². The molecule has 1 aliphatic rings. The van der Waals surface area contributed by atoms with Gasteiger partial charge in [0, 0.05) is 24.4 Å². The minimum atomic E-state index is 0.203. The highest BCUT2D eigenvalue weighted by Crippen LogP contribution is 2.30. The van der Waals surface area contributed by atoms with E-state index in [-0.39, 0.29) is 6.10 Å². The number of aromatic nitrogens is 1. The second-order valence-electron chi connectivity index (χ2n) is 6.68. The van der Waals surface area contributed by atoms with Gasteiger partial charge in [0.15, 0.2) is 0 Å². The van der Waals surface area contributed by atoms with Crippen LogP contribution in [0.15, 0.2) is 40.8 Å². The monoisotopic (exact) mass is 354 g/mol. The molecule has 3 aromatic rings. The lowest BCUT2D eigenvalue weighted by Gasteiger charge is -2.19. The molecule has 25 heavy (non-hydrogen) atoms. The number of fused-ring (bicyclic) bond motifs is 1. The van der Waals surface area contributed by atoms with Gasteiger partial charge in [0.1, 0.15) is 17.6 Å². The van der Waals surface area contributed by atoms with Gasteiger partial charge in [0.05, 0.1) is 10.6 Å². The number of aryl methyl sites for hydroxylation is 2. The van der Waals surface area contributed by atoms with Crippen molar-refractivity contribution in [1.29, 1.82) is 0 Å². The largest absolute Gasteiger partial charge is 0.488 e. The zero-order chi connectivity index (χ0) is 17.4. The van der Waals surface area contributed by atoms with Crippen molar-refractivity contribution in [2.24, 2.45) is 0 Å². The molecule has 0 N–H and O–H groups in total. The number of para-hydroxylation sites is 1. The van der Waals surface area contributed by atoms with Crippen LogP contribution in [0.4, 0.5) is 0 Å². The highest BCUT2D eigenvalue weighted by Gasteiger charge is 2.24. The molecule has 0 bridgehead atoms. The van der Waals surface area contributed by atoms with Gasteiger partial charge < -0.3 is 9.15 Å². The van der Waals surface area contributed by atoms with Gasteiger partial charge in [0.2, 0.25) is 5.89 Å². The predicted molar refractivity (Wildman–Crippen MR) is 100 cm³/mol. The van der Waals surface area contributed by atoms with Crippen molar-refractivity contribution in [2.45, 2.75) is 32.9 Å². The number of benzene rings is 1. The van der Waals surface area contributed by atoms with Crippen molar-refractivity contribution >= 4 is 11.3 Å². The molecule has 0 radical (unpaired) electrons. The van der Waals surface area contributed by atoms with Gasteiger partial charge in [-0.15, -0.1) is 11.3 Å². The Balaban J connectivity index is 1.40. The van der Waals surface area contributed by atoms with Crippen LogP contribution in [0, 0.1) is 13.8 Å². The van der Waals surface area contributed by atoms with Crippen LogP contribution in [-0.4, -0.2) is 29.6 Å². The molecule has 0 spiro atoms. The lowest BCUT2D eigenvalue weighted by molar-refractivity contribution is 0.164. The molecule has 0 fully saturated rings. The van der Waals surface area contributed by atoms with Crippen molar-refractivity contribution in [1.82, 2.24) is 9.88 Å². The summed E-state index contributed by atoms with van der Waals surface area (Å²) in [4.78, 5) is 9.32. The Kier molecular flexibility index (Phi) is 4.36. The number of likely N-dealkylation sites (N-methyl/N-ethyl adjacent to an activating group) is 1. The first-order chi connectivity index (χ1) is 12.1. The number of nitrogens with zero attached hydrogens (tertiary/aromatic N) is 2. The molecule has 0 amide bonds. The third kappa shape index (κ3) is 3.48. The van der Waals surface area contributed by atoms with Crippen LogP contribution in [0.5, 0.6) is 5.75 Å². The van der Waals surface area contributed by atoms with Gasteiger partial charge in [-0.1, -0.05) is 18.2 Å². The Morgan fingerprint density at radius 3 is 2.80 bits per heavy atom. The summed E-state index contributed by atoms with van der Waals surface area (Å²) < 4.78 is 11.9. The minimum absolute atomic E-state index is 0.203. The maximum absolute atomic E-state index is 6.04. The summed E-state index contributed by atoms with van der Waals surface area (Å²) >= 11 is 1.71. The Hall–Kier alpha value is -2.11. The van der Waals surface area contributed by atoms with E-state index in [0.717, 1.165) is 47.5 Å². The van der Waals surface area contributed by atoms with E-state index in [9.17, 15) is 0 Å². The topological polar surface area (TPSA) is 38.5 Å². The fourth-order valence-corrected chi connectivity index (χ4v) is 4.05. The van der Waals surface area contributed by atoms with Crippen LogP contribution in [0.3, 0.4) is 0 Å². The van der Waals surface area contributed by atoms with Crippen molar-refractivity contribution in [3.05, 3.63) is 58.3 Å². The Labute approximate surface area is 152 Å². The summed E-state index contributed by atoms with van der Waals surface area (Å²) in [6.45, 7) is 5.71. The van der Waals surface area contributed by atoms with Crippen molar-refractivity contribution in [2.75, 3.05) is 13.6 Å². The fourth-order valence-electron chi connectivity index (χ4n) is 3.25. The Bertz CT molecular complexity index is 858. The quantitative estimate of drug-likeness (QED) is 0.678. The first-order valence-corrected chi connectivity index (χ1v) is 9.36. The average Bonchev–Trinajstić information content (AvgIpc) is 3.26. The highest BCUT2D eigenvalue weighted by molar-refractivity contribution is 7.15. The van der Waals surface area contributed by atoms with Crippen LogP contribution in [0.2, 0.25) is 0 Å². The Morgan fingerprint density at radius 2 is 2.04 bits per heavy atom. The number of rotatable bonds is 5. The van der Waals surface area contributed by atoms with E-state index in [4.69, 9.17) is 14.1 Å². The maximum atomic E-state index is 6.04. The average molecular weight is 354 g/mol. The molecule has 130 valence electrons. The molecule has 3 heterocycles. The number of hydrogen-bond acceptors (Lipinski definition) is 5. The van der Waals surface area contributed by atoms with Gasteiger partial charge in [-0.25, -0.2) is 4.98 Å². The molecule has 4 nitrogen and oxygen atoms in total. The fraction of sp³-hybridized carbons (Fsp3) is 0.350. The lowest BCUT2D eigenvalue weighted by atomic mass is 10.1. The minimum Gasteiger partial charge on any atom is -0.488 e. The molecule has 0 saturated carbocycles. The van der Waals surface area contributed by atoms with Gasteiger partial charge >= 0.3 is 0 Å². The summed E-state index contributed by atoms with van der Waals surface area (Å²) in [5, 5.41) is 0. The third-order valence-electron chi connectivity index (χ3n) is 4.49. The highest BCUT2D eigenvalue weighted by atomic mass is 32.1. The van der Waals surface area contributed by atoms with Crippen LogP contribution in [0.1, 0.15) is 21.9 Å². The molecular formula is C20H22N2O2S. The number of thiophene rings is 1. The SMILES string of the molecule is Cc1ccc(-c2nc(CN(C)C[C@@H]3Cc4ccccc4O3)c(C)o2)s1. The summed E-state index contributed by atoms with van der Waals surface area (Å²) in [6.07, 6.45) is 1.17. The molecular weight excluding hydrogens is 332 g/mol. The number of ether oxygens (including phenoxy) is 1. The molecule has 5 heteroatoms. The zero-order valence-corrected chi connectivity index (χ0v) is 15.6. The normalized spacial score (nSPS) is 16.2. The maximum Gasteiger partial charge on any atom is 0.236 e. The zero-order valence-electron chi connectivity index (χ0n) is 14.8. The van der Waals surface area contributed by atoms with Gasteiger partial charge in [0.25, 0.3) is 0 Å². The molecule has 4 rings (SSSR count). The van der Waals surface area contributed by atoms with Gasteiger partial charge in [-0.3, -0.25) is 4.90 Å². The van der Waals surface area contributed by atoms with E-state index in [1.54, 1.807) is 11.3 Å². The second kappa shape index (κ2) is 6.65. The van der Waals surface area contributed by atoms with E-state index in [1.165, 1.54) is 10.4 Å². The van der Waals surface area contributed by atoms with Crippen LogP contribution >= 0.6 is 11.3 Å². The van der Waals surface area contributed by atoms with E-state index in [0.29, 0.717) is 0 Å². The first kappa shape index (κ1) is 16.4. The van der Waals surface area contributed by atoms with E-state index in [1.807, 2.05) is 19.1 Å². The molecule has 0 saturated heterocycles. The van der Waals surface area contributed by atoms with Crippen LogP contribution in [-0.2, 0) is 13.0 Å². The summed E-state index contributed by atoms with van der Waals surface area (Å²) in [7, 11) is 2.11.